The van der Waals surface area contributed by atoms with Crippen molar-refractivity contribution in [2.75, 3.05) is 16.3 Å². The molecule has 1 saturated heterocycles. The number of aromatic nitrogens is 1. The molecule has 1 unspecified atom stereocenters. The van der Waals surface area contributed by atoms with Gasteiger partial charge in [0.15, 0.2) is 0 Å². The summed E-state index contributed by atoms with van der Waals surface area (Å²) in [7, 11) is 0. The van der Waals surface area contributed by atoms with Gasteiger partial charge in [0, 0.05) is 42.9 Å². The second-order valence-electron chi connectivity index (χ2n) is 12.5. The first-order valence-corrected chi connectivity index (χ1v) is 16.1. The number of anilines is 2. The normalized spacial score (nSPS) is 17.4. The van der Waals surface area contributed by atoms with Gasteiger partial charge in [0.25, 0.3) is 0 Å². The number of alkyl carbamates (subject to hydrolysis) is 1. The van der Waals surface area contributed by atoms with Gasteiger partial charge >= 0.3 is 6.09 Å². The van der Waals surface area contributed by atoms with Crippen molar-refractivity contribution in [1.82, 2.24) is 15.6 Å². The minimum atomic E-state index is -1.01. The summed E-state index contributed by atoms with van der Waals surface area (Å²) in [4.78, 5) is 60.5. The van der Waals surface area contributed by atoms with Gasteiger partial charge in [-0.3, -0.25) is 14.4 Å². The highest BCUT2D eigenvalue weighted by Gasteiger charge is 2.39. The first-order chi connectivity index (χ1) is 21.6. The molecule has 4 amide bonds. The summed E-state index contributed by atoms with van der Waals surface area (Å²) in [6.07, 6.45) is 2.79. The predicted molar refractivity (Wildman–Crippen MR) is 174 cm³/mol. The molecule has 3 N–H and O–H groups in total. The summed E-state index contributed by atoms with van der Waals surface area (Å²) in [5.41, 5.74) is 4.24. The fourth-order valence-corrected chi connectivity index (χ4v) is 6.73. The summed E-state index contributed by atoms with van der Waals surface area (Å²) in [5, 5.41) is 10.6. The molecule has 2 aromatic carbocycles. The molecule has 11 heteroatoms. The SMILES string of the molecule is CC(C)(C)OC(=O)N[C@H](Cc1c[nH]c2ccccc12)C(=O)NC1Cc2cccc(N3CCCC3=O)c2N(Cc2ccsc2)C1=O. The Morgan fingerprint density at radius 2 is 1.93 bits per heavy atom. The van der Waals surface area contributed by atoms with Crippen LogP contribution in [0.5, 0.6) is 0 Å². The van der Waals surface area contributed by atoms with E-state index in [2.05, 4.69) is 15.6 Å². The number of ether oxygens (including phenoxy) is 1. The minimum absolute atomic E-state index is 0.0371. The molecular weight excluding hydrogens is 590 g/mol. The fourth-order valence-electron chi connectivity index (χ4n) is 6.07. The number of benzene rings is 2. The molecule has 2 atom stereocenters. The maximum absolute atomic E-state index is 14.2. The van der Waals surface area contributed by atoms with E-state index in [1.54, 1.807) is 41.9 Å². The van der Waals surface area contributed by atoms with Crippen LogP contribution in [0.15, 0.2) is 65.5 Å². The second kappa shape index (κ2) is 12.4. The summed E-state index contributed by atoms with van der Waals surface area (Å²) >= 11 is 1.54. The van der Waals surface area contributed by atoms with Crippen molar-refractivity contribution in [3.05, 3.63) is 82.2 Å². The molecule has 6 rings (SSSR count). The van der Waals surface area contributed by atoms with Gasteiger partial charge in [-0.1, -0.05) is 30.3 Å². The fraction of sp³-hybridized carbons (Fsp3) is 0.353. The summed E-state index contributed by atoms with van der Waals surface area (Å²) in [6.45, 7) is 6.17. The van der Waals surface area contributed by atoms with Crippen molar-refractivity contribution in [1.29, 1.82) is 0 Å². The van der Waals surface area contributed by atoms with Crippen molar-refractivity contribution in [3.63, 3.8) is 0 Å². The molecule has 4 heterocycles. The average Bonchev–Trinajstić information content (AvgIpc) is 3.75. The number of rotatable bonds is 8. The predicted octanol–water partition coefficient (Wildman–Crippen LogP) is 5.07. The van der Waals surface area contributed by atoms with Crippen LogP contribution >= 0.6 is 11.3 Å². The number of H-pyrrole nitrogens is 1. The maximum Gasteiger partial charge on any atom is 0.408 e. The molecule has 10 nitrogen and oxygen atoms in total. The molecule has 45 heavy (non-hydrogen) atoms. The molecular formula is C34H37N5O5S. The minimum Gasteiger partial charge on any atom is -0.444 e. The van der Waals surface area contributed by atoms with Crippen molar-refractivity contribution >= 4 is 57.4 Å². The van der Waals surface area contributed by atoms with Crippen LogP contribution in [0.2, 0.25) is 0 Å². The van der Waals surface area contributed by atoms with Crippen LogP contribution in [0.25, 0.3) is 10.9 Å². The Labute approximate surface area is 265 Å². The van der Waals surface area contributed by atoms with Crippen molar-refractivity contribution in [3.8, 4) is 0 Å². The number of carbonyl (C=O) groups is 4. The number of fused-ring (bicyclic) bond motifs is 2. The van der Waals surface area contributed by atoms with Gasteiger partial charge in [-0.2, -0.15) is 11.3 Å². The smallest absolute Gasteiger partial charge is 0.408 e. The lowest BCUT2D eigenvalue weighted by Crippen LogP contribution is -2.57. The van der Waals surface area contributed by atoms with Crippen LogP contribution in [0.4, 0.5) is 16.2 Å². The largest absolute Gasteiger partial charge is 0.444 e. The lowest BCUT2D eigenvalue weighted by atomic mass is 9.94. The Morgan fingerprint density at radius 3 is 2.67 bits per heavy atom. The van der Waals surface area contributed by atoms with Gasteiger partial charge in [0.2, 0.25) is 17.7 Å². The van der Waals surface area contributed by atoms with E-state index in [0.717, 1.165) is 34.0 Å². The first-order valence-electron chi connectivity index (χ1n) is 15.2. The van der Waals surface area contributed by atoms with E-state index in [0.29, 0.717) is 30.9 Å². The van der Waals surface area contributed by atoms with E-state index in [1.807, 2.05) is 65.5 Å². The molecule has 4 aromatic rings. The highest BCUT2D eigenvalue weighted by atomic mass is 32.1. The van der Waals surface area contributed by atoms with Crippen LogP contribution in [0, 0.1) is 0 Å². The number of nitrogens with zero attached hydrogens (tertiary/aromatic N) is 2. The second-order valence-corrected chi connectivity index (χ2v) is 13.3. The standard InChI is InChI=1S/C34H37N5O5S/c1-34(2,3)44-33(43)37-26(17-23-18-35-25-10-5-4-9-24(23)25)31(41)36-27-16-22-8-6-11-28(38-14-7-12-29(38)40)30(22)39(32(27)42)19-21-13-15-45-20-21/h4-6,8-11,13,15,18,20,26-27,35H,7,12,14,16-17,19H2,1-3H3,(H,36,41)(H,37,43)/t26-,27?/m1/s1. The van der Waals surface area contributed by atoms with Gasteiger partial charge in [0.05, 0.1) is 17.9 Å². The Balaban J connectivity index is 1.30. The third kappa shape index (κ3) is 6.58. The molecule has 234 valence electrons. The van der Waals surface area contributed by atoms with E-state index in [1.165, 1.54) is 0 Å². The highest BCUT2D eigenvalue weighted by molar-refractivity contribution is 7.07. The molecule has 2 aliphatic rings. The van der Waals surface area contributed by atoms with E-state index in [4.69, 9.17) is 4.74 Å². The van der Waals surface area contributed by atoms with E-state index in [-0.39, 0.29) is 24.7 Å². The number of hydrogen-bond donors (Lipinski definition) is 3. The number of nitrogens with one attached hydrogen (secondary N) is 3. The Bertz CT molecular complexity index is 1740. The zero-order valence-electron chi connectivity index (χ0n) is 25.6. The van der Waals surface area contributed by atoms with Gasteiger partial charge in [0.1, 0.15) is 17.7 Å². The molecule has 0 spiro atoms. The van der Waals surface area contributed by atoms with Crippen molar-refractivity contribution < 1.29 is 23.9 Å². The summed E-state index contributed by atoms with van der Waals surface area (Å²) in [6, 6.07) is 13.5. The van der Waals surface area contributed by atoms with Crippen LogP contribution in [-0.4, -0.2) is 53.0 Å². The van der Waals surface area contributed by atoms with E-state index >= 15 is 0 Å². The highest BCUT2D eigenvalue weighted by Crippen LogP contribution is 2.40. The number of para-hydroxylation sites is 2. The Hall–Kier alpha value is -4.64. The van der Waals surface area contributed by atoms with Crippen LogP contribution in [0.1, 0.15) is 50.3 Å². The van der Waals surface area contributed by atoms with Crippen LogP contribution in [0.3, 0.4) is 0 Å². The zero-order chi connectivity index (χ0) is 31.7. The molecule has 0 radical (unpaired) electrons. The summed E-state index contributed by atoms with van der Waals surface area (Å²) in [5.74, 6) is -0.728. The summed E-state index contributed by atoms with van der Waals surface area (Å²) < 4.78 is 5.48. The monoisotopic (exact) mass is 627 g/mol. The topological polar surface area (TPSA) is 124 Å². The number of hydrogen-bond acceptors (Lipinski definition) is 6. The third-order valence-electron chi connectivity index (χ3n) is 8.06. The first kappa shape index (κ1) is 30.4. The Morgan fingerprint density at radius 1 is 1.11 bits per heavy atom. The van der Waals surface area contributed by atoms with Gasteiger partial charge in [-0.15, -0.1) is 0 Å². The quantitative estimate of drug-likeness (QED) is 0.252. The van der Waals surface area contributed by atoms with Crippen molar-refractivity contribution in [2.45, 2.75) is 70.7 Å². The van der Waals surface area contributed by atoms with E-state index < -0.39 is 29.7 Å². The average molecular weight is 628 g/mol. The molecule has 0 bridgehead atoms. The van der Waals surface area contributed by atoms with Crippen LogP contribution in [-0.2, 0) is 38.5 Å². The zero-order valence-corrected chi connectivity index (χ0v) is 26.4. The lowest BCUT2D eigenvalue weighted by Gasteiger charge is -2.37. The lowest BCUT2D eigenvalue weighted by molar-refractivity contribution is -0.129. The molecule has 0 saturated carbocycles. The van der Waals surface area contributed by atoms with Gasteiger partial charge in [-0.05, 0) is 72.8 Å². The Kier molecular flexibility index (Phi) is 8.37. The van der Waals surface area contributed by atoms with Crippen molar-refractivity contribution in [2.24, 2.45) is 0 Å². The molecule has 1 fully saturated rings. The molecule has 0 aliphatic carbocycles. The number of aromatic amines is 1. The third-order valence-corrected chi connectivity index (χ3v) is 8.80. The number of amides is 4. The number of thiophene rings is 1. The van der Waals surface area contributed by atoms with E-state index in [9.17, 15) is 19.2 Å². The van der Waals surface area contributed by atoms with Gasteiger partial charge in [-0.25, -0.2) is 4.79 Å². The maximum atomic E-state index is 14.2. The van der Waals surface area contributed by atoms with Gasteiger partial charge < -0.3 is 30.2 Å². The van der Waals surface area contributed by atoms with Crippen LogP contribution < -0.4 is 20.4 Å². The number of carbonyl (C=O) groups excluding carboxylic acids is 4. The molecule has 2 aliphatic heterocycles. The molecule has 2 aromatic heterocycles.